The van der Waals surface area contributed by atoms with Gasteiger partial charge < -0.3 is 14.5 Å². The van der Waals surface area contributed by atoms with Crippen molar-refractivity contribution >= 4 is 11.6 Å². The van der Waals surface area contributed by atoms with Crippen LogP contribution in [0.3, 0.4) is 0 Å². The third-order valence-electron chi connectivity index (χ3n) is 4.16. The molecule has 1 atom stereocenters. The Labute approximate surface area is 159 Å². The molecule has 3 aromatic heterocycles. The van der Waals surface area contributed by atoms with Crippen molar-refractivity contribution in [3.05, 3.63) is 84.0 Å². The largest absolute Gasteiger partial charge is 0.486 e. The number of carbonyl (C=O) groups is 1. The van der Waals surface area contributed by atoms with Crippen LogP contribution in [0.15, 0.2) is 65.2 Å². The summed E-state index contributed by atoms with van der Waals surface area (Å²) in [6, 6.07) is 14.1. The minimum absolute atomic E-state index is 0.128. The standard InChI is InChI=1S/C20H17FN4O3/c1-13(19-24-23-18-4-2-3-11-25(18)19)22-20(26)17-10-9-16(28-17)12-27-15-7-5-14(21)6-8-15/h2-11,13H,12H2,1H3,(H,22,26). The van der Waals surface area contributed by atoms with Crippen molar-refractivity contribution in [2.75, 3.05) is 0 Å². The molecule has 0 saturated carbocycles. The molecule has 142 valence electrons. The molecule has 4 aromatic rings. The number of furan rings is 1. The Morgan fingerprint density at radius 3 is 2.82 bits per heavy atom. The molecule has 0 aliphatic carbocycles. The summed E-state index contributed by atoms with van der Waals surface area (Å²) in [6.07, 6.45) is 1.84. The van der Waals surface area contributed by atoms with Crippen LogP contribution in [0, 0.1) is 5.82 Å². The monoisotopic (exact) mass is 380 g/mol. The second-order valence-electron chi connectivity index (χ2n) is 6.19. The van der Waals surface area contributed by atoms with Crippen molar-refractivity contribution in [1.29, 1.82) is 0 Å². The van der Waals surface area contributed by atoms with Crippen LogP contribution >= 0.6 is 0 Å². The summed E-state index contributed by atoms with van der Waals surface area (Å²) < 4.78 is 25.8. The van der Waals surface area contributed by atoms with Gasteiger partial charge in [0, 0.05) is 6.20 Å². The lowest BCUT2D eigenvalue weighted by molar-refractivity contribution is 0.0906. The molecule has 8 heteroatoms. The highest BCUT2D eigenvalue weighted by Crippen LogP contribution is 2.17. The van der Waals surface area contributed by atoms with E-state index < -0.39 is 0 Å². The van der Waals surface area contributed by atoms with Crippen LogP contribution in [0.4, 0.5) is 4.39 Å². The van der Waals surface area contributed by atoms with Gasteiger partial charge in [-0.3, -0.25) is 9.20 Å². The summed E-state index contributed by atoms with van der Waals surface area (Å²) in [5, 5.41) is 11.1. The number of hydrogen-bond acceptors (Lipinski definition) is 5. The van der Waals surface area contributed by atoms with Gasteiger partial charge in [0.15, 0.2) is 17.2 Å². The van der Waals surface area contributed by atoms with Gasteiger partial charge >= 0.3 is 0 Å². The number of ether oxygens (including phenoxy) is 1. The number of benzene rings is 1. The first-order chi connectivity index (χ1) is 13.6. The number of aromatic nitrogens is 3. The average molecular weight is 380 g/mol. The smallest absolute Gasteiger partial charge is 0.287 e. The predicted molar refractivity (Wildman–Crippen MR) is 98.3 cm³/mol. The van der Waals surface area contributed by atoms with E-state index in [1.165, 1.54) is 24.3 Å². The van der Waals surface area contributed by atoms with Crippen LogP contribution in [0.25, 0.3) is 5.65 Å². The molecule has 1 unspecified atom stereocenters. The summed E-state index contributed by atoms with van der Waals surface area (Å²) in [6.45, 7) is 1.95. The number of amides is 1. The van der Waals surface area contributed by atoms with Gasteiger partial charge in [0.2, 0.25) is 0 Å². The molecule has 0 aliphatic rings. The van der Waals surface area contributed by atoms with Crippen LogP contribution in [-0.2, 0) is 6.61 Å². The summed E-state index contributed by atoms with van der Waals surface area (Å²) in [7, 11) is 0. The molecule has 1 amide bonds. The quantitative estimate of drug-likeness (QED) is 0.553. The zero-order valence-corrected chi connectivity index (χ0v) is 15.0. The number of rotatable bonds is 6. The van der Waals surface area contributed by atoms with Gasteiger partial charge in [0.25, 0.3) is 5.91 Å². The molecule has 0 spiro atoms. The first kappa shape index (κ1) is 17.7. The Bertz CT molecular complexity index is 1100. The van der Waals surface area contributed by atoms with Gasteiger partial charge in [-0.1, -0.05) is 6.07 Å². The number of halogens is 1. The van der Waals surface area contributed by atoms with E-state index in [0.717, 1.165) is 0 Å². The Hall–Kier alpha value is -3.68. The molecule has 28 heavy (non-hydrogen) atoms. The zero-order chi connectivity index (χ0) is 19.5. The van der Waals surface area contributed by atoms with Crippen LogP contribution in [-0.4, -0.2) is 20.5 Å². The Morgan fingerprint density at radius 1 is 1.18 bits per heavy atom. The second kappa shape index (κ2) is 7.51. The lowest BCUT2D eigenvalue weighted by Crippen LogP contribution is -2.27. The normalized spacial score (nSPS) is 12.1. The van der Waals surface area contributed by atoms with Crippen LogP contribution in [0.1, 0.15) is 35.1 Å². The molecule has 0 fully saturated rings. The van der Waals surface area contributed by atoms with E-state index in [2.05, 4.69) is 15.5 Å². The highest BCUT2D eigenvalue weighted by molar-refractivity contribution is 5.91. The number of nitrogens with zero attached hydrogens (tertiary/aromatic N) is 3. The van der Waals surface area contributed by atoms with Crippen molar-refractivity contribution < 1.29 is 18.3 Å². The van der Waals surface area contributed by atoms with Gasteiger partial charge in [0.05, 0.1) is 6.04 Å². The molecule has 0 saturated heterocycles. The third-order valence-corrected chi connectivity index (χ3v) is 4.16. The van der Waals surface area contributed by atoms with Crippen molar-refractivity contribution in [3.63, 3.8) is 0 Å². The lowest BCUT2D eigenvalue weighted by atomic mass is 10.3. The highest BCUT2D eigenvalue weighted by Gasteiger charge is 2.19. The maximum Gasteiger partial charge on any atom is 0.287 e. The molecule has 1 aromatic carbocycles. The van der Waals surface area contributed by atoms with Gasteiger partial charge in [-0.2, -0.15) is 0 Å². The van der Waals surface area contributed by atoms with Gasteiger partial charge in [-0.25, -0.2) is 4.39 Å². The van der Waals surface area contributed by atoms with Crippen LogP contribution in [0.2, 0.25) is 0 Å². The van der Waals surface area contributed by atoms with Crippen molar-refractivity contribution in [3.8, 4) is 5.75 Å². The number of carbonyl (C=O) groups excluding carboxylic acids is 1. The van der Waals surface area contributed by atoms with Crippen molar-refractivity contribution in [2.45, 2.75) is 19.6 Å². The summed E-state index contributed by atoms with van der Waals surface area (Å²) in [5.74, 6) is 1.08. The highest BCUT2D eigenvalue weighted by atomic mass is 19.1. The van der Waals surface area contributed by atoms with Gasteiger partial charge in [-0.15, -0.1) is 10.2 Å². The van der Waals surface area contributed by atoms with Gasteiger partial charge in [0.1, 0.15) is 23.9 Å². The lowest BCUT2D eigenvalue weighted by Gasteiger charge is -2.11. The fraction of sp³-hybridized carbons (Fsp3) is 0.150. The van der Waals surface area contributed by atoms with Crippen LogP contribution in [0.5, 0.6) is 5.75 Å². The van der Waals surface area contributed by atoms with E-state index in [1.54, 1.807) is 12.1 Å². The minimum Gasteiger partial charge on any atom is -0.486 e. The first-order valence-corrected chi connectivity index (χ1v) is 8.68. The number of pyridine rings is 1. The number of fused-ring (bicyclic) bond motifs is 1. The summed E-state index contributed by atoms with van der Waals surface area (Å²) >= 11 is 0. The Balaban J connectivity index is 1.39. The fourth-order valence-electron chi connectivity index (χ4n) is 2.75. The molecule has 0 aliphatic heterocycles. The maximum absolute atomic E-state index is 12.9. The molecule has 7 nitrogen and oxygen atoms in total. The summed E-state index contributed by atoms with van der Waals surface area (Å²) in [4.78, 5) is 12.5. The second-order valence-corrected chi connectivity index (χ2v) is 6.19. The SMILES string of the molecule is CC(NC(=O)c1ccc(COc2ccc(F)cc2)o1)c1nnc2ccccn12. The van der Waals surface area contributed by atoms with Gasteiger partial charge in [-0.05, 0) is 55.5 Å². The maximum atomic E-state index is 12.9. The zero-order valence-electron chi connectivity index (χ0n) is 15.0. The number of nitrogens with one attached hydrogen (secondary N) is 1. The molecule has 0 radical (unpaired) electrons. The predicted octanol–water partition coefficient (Wildman–Crippen LogP) is 3.53. The topological polar surface area (TPSA) is 81.7 Å². The molecule has 0 bridgehead atoms. The van der Waals surface area contributed by atoms with Crippen LogP contribution < -0.4 is 10.1 Å². The average Bonchev–Trinajstić information content (AvgIpc) is 3.35. The van der Waals surface area contributed by atoms with E-state index in [1.807, 2.05) is 35.7 Å². The Kier molecular flexibility index (Phi) is 4.76. The van der Waals surface area contributed by atoms with E-state index in [-0.39, 0.29) is 30.1 Å². The fourth-order valence-corrected chi connectivity index (χ4v) is 2.75. The first-order valence-electron chi connectivity index (χ1n) is 8.68. The minimum atomic E-state index is -0.367. The molecule has 3 heterocycles. The molecule has 1 N–H and O–H groups in total. The van der Waals surface area contributed by atoms with Crippen molar-refractivity contribution in [2.24, 2.45) is 0 Å². The van der Waals surface area contributed by atoms with E-state index in [4.69, 9.17) is 9.15 Å². The third kappa shape index (κ3) is 3.71. The van der Waals surface area contributed by atoms with E-state index in [0.29, 0.717) is 23.0 Å². The number of hydrogen-bond donors (Lipinski definition) is 1. The van der Waals surface area contributed by atoms with Crippen molar-refractivity contribution in [1.82, 2.24) is 19.9 Å². The molecular formula is C20H17FN4O3. The summed E-state index contributed by atoms with van der Waals surface area (Å²) in [5.41, 5.74) is 0.705. The van der Waals surface area contributed by atoms with E-state index in [9.17, 15) is 9.18 Å². The van der Waals surface area contributed by atoms with E-state index >= 15 is 0 Å². The molecule has 4 rings (SSSR count). The Morgan fingerprint density at radius 2 is 2.00 bits per heavy atom. The molecular weight excluding hydrogens is 363 g/mol.